The van der Waals surface area contributed by atoms with E-state index >= 15 is 0 Å². The number of imidazole rings is 1. The Bertz CT molecular complexity index is 1740. The van der Waals surface area contributed by atoms with Gasteiger partial charge < -0.3 is 15.6 Å². The summed E-state index contributed by atoms with van der Waals surface area (Å²) in [7, 11) is 0. The van der Waals surface area contributed by atoms with Crippen LogP contribution in [0, 0.1) is 0 Å². The molecule has 0 aliphatic heterocycles. The molecule has 9 heteroatoms. The molecule has 0 unspecified atom stereocenters. The summed E-state index contributed by atoms with van der Waals surface area (Å²) in [6.45, 7) is 1.42. The van der Waals surface area contributed by atoms with Gasteiger partial charge in [0.1, 0.15) is 11.6 Å². The molecule has 180 valence electrons. The zero-order chi connectivity index (χ0) is 25.2. The average molecular weight is 487 g/mol. The van der Waals surface area contributed by atoms with Crippen molar-refractivity contribution in [3.8, 4) is 11.4 Å². The Hall–Kier alpha value is -5.31. The fourth-order valence-electron chi connectivity index (χ4n) is 4.09. The highest BCUT2D eigenvalue weighted by Crippen LogP contribution is 2.28. The molecule has 0 spiro atoms. The van der Waals surface area contributed by atoms with Gasteiger partial charge in [0.25, 0.3) is 0 Å². The zero-order valence-corrected chi connectivity index (χ0v) is 19.9. The molecule has 37 heavy (non-hydrogen) atoms. The lowest BCUT2D eigenvalue weighted by Crippen LogP contribution is -2.09. The van der Waals surface area contributed by atoms with Gasteiger partial charge in [-0.25, -0.2) is 9.97 Å². The maximum atomic E-state index is 11.3. The minimum absolute atomic E-state index is 0.225. The summed E-state index contributed by atoms with van der Waals surface area (Å²) in [6.07, 6.45) is 3.39. The van der Waals surface area contributed by atoms with Crippen LogP contribution < -0.4 is 16.0 Å². The van der Waals surface area contributed by atoms with Crippen LogP contribution in [0.1, 0.15) is 6.92 Å². The molecule has 0 saturated heterocycles. The Morgan fingerprint density at radius 2 is 1.59 bits per heavy atom. The number of aromatic nitrogens is 5. The van der Waals surface area contributed by atoms with E-state index in [4.69, 9.17) is 4.98 Å². The van der Waals surface area contributed by atoms with Gasteiger partial charge in [-0.1, -0.05) is 18.2 Å². The number of carbonyl (C=O) groups excluding carboxylic acids is 1. The van der Waals surface area contributed by atoms with E-state index in [0.717, 1.165) is 50.4 Å². The average Bonchev–Trinajstić information content (AvgIpc) is 3.33. The number of fused-ring (bicyclic) bond motifs is 2. The zero-order valence-electron chi connectivity index (χ0n) is 19.9. The number of pyridine rings is 1. The number of nitrogens with zero attached hydrogens (tertiary/aromatic N) is 4. The topological polar surface area (TPSA) is 121 Å². The summed E-state index contributed by atoms with van der Waals surface area (Å²) < 4.78 is 0. The van der Waals surface area contributed by atoms with Crippen LogP contribution in [0.4, 0.5) is 28.8 Å². The first-order chi connectivity index (χ1) is 18.1. The predicted molar refractivity (Wildman–Crippen MR) is 146 cm³/mol. The normalized spacial score (nSPS) is 10.9. The third-order valence-electron chi connectivity index (χ3n) is 5.79. The van der Waals surface area contributed by atoms with Crippen LogP contribution in [0.25, 0.3) is 33.3 Å². The first-order valence-electron chi connectivity index (χ1n) is 11.7. The molecule has 1 amide bonds. The number of rotatable bonds is 6. The summed E-state index contributed by atoms with van der Waals surface area (Å²) in [4.78, 5) is 32.2. The van der Waals surface area contributed by atoms with E-state index in [0.29, 0.717) is 5.82 Å². The molecule has 0 bridgehead atoms. The number of hydrogen-bond donors (Lipinski definition) is 4. The molecule has 3 heterocycles. The number of anilines is 5. The molecule has 6 aromatic rings. The number of nitrogens with one attached hydrogen (secondary N) is 4. The van der Waals surface area contributed by atoms with E-state index in [1.165, 1.54) is 6.92 Å². The lowest BCUT2D eigenvalue weighted by molar-refractivity contribution is -0.114. The lowest BCUT2D eigenvalue weighted by atomic mass is 10.1. The molecule has 0 fully saturated rings. The molecular formula is C28H22N8O. The summed E-state index contributed by atoms with van der Waals surface area (Å²) in [6, 6.07) is 25.8. The minimum atomic E-state index is -0.225. The van der Waals surface area contributed by atoms with Crippen LogP contribution >= 0.6 is 0 Å². The Balaban J connectivity index is 1.21. The Morgan fingerprint density at radius 1 is 0.784 bits per heavy atom. The molecule has 3 aromatic heterocycles. The van der Waals surface area contributed by atoms with E-state index in [2.05, 4.69) is 42.0 Å². The van der Waals surface area contributed by atoms with Crippen LogP contribution in [0.5, 0.6) is 0 Å². The number of para-hydroxylation sites is 1. The number of aromatic amines is 1. The van der Waals surface area contributed by atoms with Crippen molar-refractivity contribution in [1.29, 1.82) is 0 Å². The first-order valence-corrected chi connectivity index (χ1v) is 11.7. The summed E-state index contributed by atoms with van der Waals surface area (Å²) in [5, 5.41) is 10.4. The summed E-state index contributed by atoms with van der Waals surface area (Å²) in [5.41, 5.74) is 6.48. The van der Waals surface area contributed by atoms with Gasteiger partial charge in [0, 0.05) is 47.3 Å². The number of hydrogen-bond acceptors (Lipinski definition) is 7. The highest BCUT2D eigenvalue weighted by atomic mass is 16.1. The monoisotopic (exact) mass is 486 g/mol. The second kappa shape index (κ2) is 9.38. The molecule has 0 radical (unpaired) electrons. The SMILES string of the molecule is CC(=O)Nc1nccc(Nc2ccc3[nH]c(-c4ccc(Nc5ccnc6ccccc56)cc4)nc3c2)n1. The highest BCUT2D eigenvalue weighted by Gasteiger charge is 2.08. The molecule has 9 nitrogen and oxygen atoms in total. The number of benzene rings is 3. The predicted octanol–water partition coefficient (Wildman–Crippen LogP) is 6.01. The van der Waals surface area contributed by atoms with Gasteiger partial charge in [-0.3, -0.25) is 15.1 Å². The molecule has 0 atom stereocenters. The van der Waals surface area contributed by atoms with Crippen molar-refractivity contribution in [1.82, 2.24) is 24.9 Å². The standard InChI is InChI=1S/C28H22N8O/c1-17(37)31-28-30-15-13-26(36-28)33-20-10-11-24-25(16-20)35-27(34-24)18-6-8-19(9-7-18)32-23-12-14-29-22-5-3-2-4-21(22)23/h2-16H,1H3,(H,29,32)(H,34,35)(H2,30,31,33,36,37). The molecule has 0 saturated carbocycles. The van der Waals surface area contributed by atoms with Crippen LogP contribution in [-0.2, 0) is 4.79 Å². The van der Waals surface area contributed by atoms with Crippen LogP contribution in [0.15, 0.2) is 91.3 Å². The van der Waals surface area contributed by atoms with Gasteiger partial charge in [0.2, 0.25) is 11.9 Å². The van der Waals surface area contributed by atoms with Crippen molar-refractivity contribution in [3.63, 3.8) is 0 Å². The van der Waals surface area contributed by atoms with Gasteiger partial charge in [-0.15, -0.1) is 0 Å². The molecule has 6 rings (SSSR count). The molecule has 4 N–H and O–H groups in total. The number of amides is 1. The fraction of sp³-hybridized carbons (Fsp3) is 0.0357. The van der Waals surface area contributed by atoms with Crippen molar-refractivity contribution in [3.05, 3.63) is 91.3 Å². The van der Waals surface area contributed by atoms with Crippen molar-refractivity contribution in [2.24, 2.45) is 0 Å². The molecule has 0 aliphatic rings. The van der Waals surface area contributed by atoms with E-state index in [1.807, 2.05) is 72.9 Å². The second-order valence-electron chi connectivity index (χ2n) is 8.47. The number of carbonyl (C=O) groups is 1. The quantitative estimate of drug-likeness (QED) is 0.227. The van der Waals surface area contributed by atoms with Gasteiger partial charge in [0.05, 0.1) is 16.6 Å². The third kappa shape index (κ3) is 4.78. The van der Waals surface area contributed by atoms with Gasteiger partial charge in [-0.05, 0) is 60.7 Å². The van der Waals surface area contributed by atoms with E-state index < -0.39 is 0 Å². The van der Waals surface area contributed by atoms with E-state index in [9.17, 15) is 4.79 Å². The lowest BCUT2D eigenvalue weighted by Gasteiger charge is -2.09. The first kappa shape index (κ1) is 22.2. The van der Waals surface area contributed by atoms with Gasteiger partial charge in [0.15, 0.2) is 0 Å². The maximum absolute atomic E-state index is 11.3. The molecule has 0 aliphatic carbocycles. The van der Waals surface area contributed by atoms with Crippen molar-refractivity contribution < 1.29 is 4.79 Å². The van der Waals surface area contributed by atoms with E-state index in [-0.39, 0.29) is 11.9 Å². The maximum Gasteiger partial charge on any atom is 0.231 e. The summed E-state index contributed by atoms with van der Waals surface area (Å²) in [5.74, 6) is 1.37. The van der Waals surface area contributed by atoms with Gasteiger partial charge >= 0.3 is 0 Å². The molecule has 3 aromatic carbocycles. The highest BCUT2D eigenvalue weighted by molar-refractivity contribution is 5.93. The fourth-order valence-corrected chi connectivity index (χ4v) is 4.09. The van der Waals surface area contributed by atoms with Crippen molar-refractivity contribution in [2.45, 2.75) is 6.92 Å². The minimum Gasteiger partial charge on any atom is -0.355 e. The third-order valence-corrected chi connectivity index (χ3v) is 5.79. The van der Waals surface area contributed by atoms with Crippen LogP contribution in [-0.4, -0.2) is 30.8 Å². The van der Waals surface area contributed by atoms with Crippen molar-refractivity contribution in [2.75, 3.05) is 16.0 Å². The van der Waals surface area contributed by atoms with E-state index in [1.54, 1.807) is 12.3 Å². The second-order valence-corrected chi connectivity index (χ2v) is 8.47. The molecular weight excluding hydrogens is 464 g/mol. The van der Waals surface area contributed by atoms with Crippen molar-refractivity contribution >= 4 is 56.7 Å². The van der Waals surface area contributed by atoms with Crippen LogP contribution in [0.3, 0.4) is 0 Å². The number of H-pyrrole nitrogens is 1. The Labute approximate surface area is 212 Å². The summed E-state index contributed by atoms with van der Waals surface area (Å²) >= 11 is 0. The van der Waals surface area contributed by atoms with Gasteiger partial charge in [-0.2, -0.15) is 4.98 Å². The van der Waals surface area contributed by atoms with Crippen LogP contribution in [0.2, 0.25) is 0 Å². The Kier molecular flexibility index (Phi) is 5.62. The Morgan fingerprint density at radius 3 is 2.46 bits per heavy atom. The largest absolute Gasteiger partial charge is 0.355 e. The smallest absolute Gasteiger partial charge is 0.231 e.